The lowest BCUT2D eigenvalue weighted by molar-refractivity contribution is -0.115. The third-order valence-corrected chi connectivity index (χ3v) is 5.24. The van der Waals surface area contributed by atoms with Crippen LogP contribution in [0.25, 0.3) is 22.2 Å². The molecule has 0 aliphatic rings. The van der Waals surface area contributed by atoms with E-state index in [9.17, 15) is 22.4 Å². The summed E-state index contributed by atoms with van der Waals surface area (Å²) < 4.78 is 56.9. The number of nitrogens with zero attached hydrogens (tertiary/aromatic N) is 3. The molecule has 4 rings (SSSR count). The molecule has 10 heteroatoms. The predicted molar refractivity (Wildman–Crippen MR) is 115 cm³/mol. The van der Waals surface area contributed by atoms with Crippen molar-refractivity contribution in [2.45, 2.75) is 33.1 Å². The lowest BCUT2D eigenvalue weighted by Gasteiger charge is -2.15. The highest BCUT2D eigenvalue weighted by molar-refractivity contribution is 5.92. The number of fused-ring (bicyclic) bond motifs is 1. The van der Waals surface area contributed by atoms with Crippen molar-refractivity contribution in [2.75, 3.05) is 5.32 Å². The zero-order chi connectivity index (χ0) is 23.9. The highest BCUT2D eigenvalue weighted by atomic mass is 19.3. The molecule has 0 bridgehead atoms. The summed E-state index contributed by atoms with van der Waals surface area (Å²) in [5.41, 5.74) is 1.20. The van der Waals surface area contributed by atoms with Crippen LogP contribution in [0.1, 0.15) is 29.4 Å². The third-order valence-electron chi connectivity index (χ3n) is 5.24. The Labute approximate surface area is 186 Å². The second-order valence-corrected chi connectivity index (χ2v) is 7.84. The number of aryl methyl sites for hydroxylation is 2. The minimum atomic E-state index is -3.14. The van der Waals surface area contributed by atoms with Gasteiger partial charge in [-0.1, -0.05) is 0 Å². The number of anilines is 1. The zero-order valence-corrected chi connectivity index (χ0v) is 17.9. The van der Waals surface area contributed by atoms with Gasteiger partial charge in [-0.05, 0) is 38.1 Å². The molecule has 0 saturated heterocycles. The van der Waals surface area contributed by atoms with Crippen molar-refractivity contribution in [3.63, 3.8) is 0 Å². The van der Waals surface area contributed by atoms with Crippen molar-refractivity contribution >= 4 is 22.6 Å². The second kappa shape index (κ2) is 8.27. The average Bonchev–Trinajstić information content (AvgIpc) is 3.11. The highest BCUT2D eigenvalue weighted by Crippen LogP contribution is 2.31. The van der Waals surface area contributed by atoms with E-state index in [0.29, 0.717) is 16.6 Å². The maximum Gasteiger partial charge on any atom is 0.272 e. The summed E-state index contributed by atoms with van der Waals surface area (Å²) >= 11 is 0. The fourth-order valence-electron chi connectivity index (χ4n) is 3.54. The number of H-pyrrole nitrogens is 1. The van der Waals surface area contributed by atoms with Gasteiger partial charge in [-0.2, -0.15) is 5.10 Å². The molecule has 3 heterocycles. The van der Waals surface area contributed by atoms with Crippen LogP contribution in [0.3, 0.4) is 0 Å². The van der Waals surface area contributed by atoms with Gasteiger partial charge in [-0.3, -0.25) is 14.9 Å². The normalized spacial score (nSPS) is 11.7. The maximum absolute atomic E-state index is 14.8. The smallest absolute Gasteiger partial charge is 0.272 e. The van der Waals surface area contributed by atoms with Crippen LogP contribution in [0.5, 0.6) is 0 Å². The Kier molecular flexibility index (Phi) is 5.61. The van der Waals surface area contributed by atoms with Gasteiger partial charge in [-0.25, -0.2) is 22.5 Å². The fourth-order valence-corrected chi connectivity index (χ4v) is 3.54. The molecule has 0 fully saturated rings. The van der Waals surface area contributed by atoms with Gasteiger partial charge < -0.3 is 5.32 Å². The fraction of sp³-hybridized carbons (Fsp3) is 0.217. The number of nitrogens with one attached hydrogen (secondary N) is 2. The molecular weight excluding hydrogens is 438 g/mol. The summed E-state index contributed by atoms with van der Waals surface area (Å²) in [6.07, 6.45) is 2.12. The first kappa shape index (κ1) is 22.4. The number of halogens is 4. The molecule has 0 unspecified atom stereocenters. The largest absolute Gasteiger partial charge is 0.324 e. The molecule has 1 amide bonds. The predicted octanol–water partition coefficient (Wildman–Crippen LogP) is 5.21. The summed E-state index contributed by atoms with van der Waals surface area (Å²) in [6, 6.07) is 4.70. The molecule has 0 radical (unpaired) electrons. The number of alkyl halides is 2. The van der Waals surface area contributed by atoms with E-state index in [1.807, 2.05) is 0 Å². The Bertz CT molecular complexity index is 1380. The van der Waals surface area contributed by atoms with Crippen LogP contribution in [0.4, 0.5) is 23.2 Å². The highest BCUT2D eigenvalue weighted by Gasteiger charge is 2.27. The first-order chi connectivity index (χ1) is 15.5. The Morgan fingerprint density at radius 1 is 1.06 bits per heavy atom. The van der Waals surface area contributed by atoms with Gasteiger partial charge in [0.15, 0.2) is 5.65 Å². The number of amides is 1. The second-order valence-electron chi connectivity index (χ2n) is 7.84. The summed E-state index contributed by atoms with van der Waals surface area (Å²) in [6.45, 7) is 3.94. The first-order valence-electron chi connectivity index (χ1n) is 9.96. The molecular formula is C23H19F4N5O. The van der Waals surface area contributed by atoms with E-state index in [-0.39, 0.29) is 28.1 Å². The van der Waals surface area contributed by atoms with E-state index in [1.165, 1.54) is 19.3 Å². The number of hydrogen-bond acceptors (Lipinski definition) is 4. The lowest BCUT2D eigenvalue weighted by atomic mass is 10.0. The van der Waals surface area contributed by atoms with Crippen molar-refractivity contribution in [3.8, 4) is 11.1 Å². The quantitative estimate of drug-likeness (QED) is 0.403. The van der Waals surface area contributed by atoms with Crippen LogP contribution >= 0.6 is 0 Å². The minimum Gasteiger partial charge on any atom is -0.324 e. The third kappa shape index (κ3) is 4.55. The molecule has 0 aliphatic carbocycles. The van der Waals surface area contributed by atoms with Crippen molar-refractivity contribution in [1.29, 1.82) is 0 Å². The number of aromatic nitrogens is 4. The zero-order valence-electron chi connectivity index (χ0n) is 17.9. The number of benzene rings is 1. The van der Waals surface area contributed by atoms with Crippen LogP contribution in [-0.4, -0.2) is 26.1 Å². The summed E-state index contributed by atoms with van der Waals surface area (Å²) in [7, 11) is 0. The Hall–Kier alpha value is -3.82. The van der Waals surface area contributed by atoms with E-state index >= 15 is 0 Å². The number of carbonyl (C=O) groups is 1. The van der Waals surface area contributed by atoms with Crippen LogP contribution in [0, 0.1) is 25.5 Å². The maximum atomic E-state index is 14.8. The van der Waals surface area contributed by atoms with Gasteiger partial charge in [0.05, 0.1) is 18.3 Å². The SMILES string of the molecule is Cc1ncc(NC(=O)Cc2cc(F)c(-c3cnc4n[nH]c(C)c4c3)cc2F)cc1C(C)(F)F. The van der Waals surface area contributed by atoms with Crippen LogP contribution in [-0.2, 0) is 17.1 Å². The van der Waals surface area contributed by atoms with Crippen molar-refractivity contribution in [2.24, 2.45) is 0 Å². The minimum absolute atomic E-state index is 0.00999. The Morgan fingerprint density at radius 2 is 1.82 bits per heavy atom. The lowest BCUT2D eigenvalue weighted by Crippen LogP contribution is -2.17. The number of hydrogen-bond donors (Lipinski definition) is 2. The van der Waals surface area contributed by atoms with Crippen LogP contribution in [0.2, 0.25) is 0 Å². The number of aromatic amines is 1. The summed E-state index contributed by atoms with van der Waals surface area (Å²) in [5, 5.41) is 9.86. The van der Waals surface area contributed by atoms with Crippen LogP contribution in [0.15, 0.2) is 36.7 Å². The van der Waals surface area contributed by atoms with Gasteiger partial charge in [0.1, 0.15) is 11.6 Å². The average molecular weight is 457 g/mol. The van der Waals surface area contributed by atoms with E-state index in [4.69, 9.17) is 0 Å². The molecule has 3 aromatic heterocycles. The number of rotatable bonds is 5. The molecule has 1 aromatic carbocycles. The number of pyridine rings is 2. The van der Waals surface area contributed by atoms with Crippen molar-refractivity contribution < 1.29 is 22.4 Å². The van der Waals surface area contributed by atoms with Gasteiger partial charge in [0.25, 0.3) is 5.92 Å². The van der Waals surface area contributed by atoms with Gasteiger partial charge in [0, 0.05) is 52.1 Å². The summed E-state index contributed by atoms with van der Waals surface area (Å²) in [4.78, 5) is 20.4. The molecule has 170 valence electrons. The topological polar surface area (TPSA) is 83.6 Å². The first-order valence-corrected chi connectivity index (χ1v) is 9.96. The number of carbonyl (C=O) groups excluding carboxylic acids is 1. The molecule has 2 N–H and O–H groups in total. The van der Waals surface area contributed by atoms with Crippen molar-refractivity contribution in [3.05, 3.63) is 70.8 Å². The monoisotopic (exact) mass is 457 g/mol. The molecule has 0 saturated carbocycles. The van der Waals surface area contributed by atoms with Crippen LogP contribution < -0.4 is 5.32 Å². The van der Waals surface area contributed by atoms with E-state index in [1.54, 1.807) is 13.0 Å². The van der Waals surface area contributed by atoms with Gasteiger partial charge in [0.2, 0.25) is 5.91 Å². The van der Waals surface area contributed by atoms with E-state index < -0.39 is 29.9 Å². The van der Waals surface area contributed by atoms with Gasteiger partial charge in [-0.15, -0.1) is 0 Å². The summed E-state index contributed by atoms with van der Waals surface area (Å²) in [5.74, 6) is -5.36. The van der Waals surface area contributed by atoms with Crippen molar-refractivity contribution in [1.82, 2.24) is 20.2 Å². The standard InChI is InChI=1S/C23H19F4N5O/c1-11-16-4-14(9-29-22(16)32-31-11)17-8-19(24)13(5-20(17)25)6-21(33)30-15-7-18(23(3,26)27)12(2)28-10-15/h4-5,7-10H,6H2,1-3H3,(H,30,33)(H,29,31,32). The Morgan fingerprint density at radius 3 is 2.55 bits per heavy atom. The molecule has 0 spiro atoms. The van der Waals surface area contributed by atoms with E-state index in [0.717, 1.165) is 30.8 Å². The molecule has 33 heavy (non-hydrogen) atoms. The molecule has 4 aromatic rings. The van der Waals surface area contributed by atoms with Gasteiger partial charge >= 0.3 is 0 Å². The Balaban J connectivity index is 1.56. The van der Waals surface area contributed by atoms with E-state index in [2.05, 4.69) is 25.5 Å². The molecule has 0 atom stereocenters. The molecule has 6 nitrogen and oxygen atoms in total. The molecule has 0 aliphatic heterocycles.